The van der Waals surface area contributed by atoms with Crippen LogP contribution in [0.1, 0.15) is 46.4 Å². The van der Waals surface area contributed by atoms with Crippen molar-refractivity contribution in [2.75, 3.05) is 6.54 Å². The number of hydrogen-bond donors (Lipinski definition) is 1. The SMILES string of the molecule is Cc1ncc([N+](=O)[O-])cc1C(=O)NC[C@@H]1C[C@@]12CCCc1ccccc12. The number of rotatable bonds is 4. The average molecular weight is 351 g/mol. The molecule has 0 saturated heterocycles. The van der Waals surface area contributed by atoms with Gasteiger partial charge in [0, 0.05) is 18.0 Å². The van der Waals surface area contributed by atoms with Gasteiger partial charge in [-0.15, -0.1) is 0 Å². The molecule has 1 aromatic heterocycles. The Morgan fingerprint density at radius 3 is 3.04 bits per heavy atom. The van der Waals surface area contributed by atoms with Crippen molar-refractivity contribution in [1.82, 2.24) is 10.3 Å². The van der Waals surface area contributed by atoms with Crippen LogP contribution >= 0.6 is 0 Å². The summed E-state index contributed by atoms with van der Waals surface area (Å²) in [6, 6.07) is 9.93. The van der Waals surface area contributed by atoms with Gasteiger partial charge >= 0.3 is 0 Å². The number of nitro groups is 1. The molecular formula is C20H21N3O3. The number of nitrogens with one attached hydrogen (secondary N) is 1. The van der Waals surface area contributed by atoms with Crippen LogP contribution in [0.5, 0.6) is 0 Å². The second-order valence-electron chi connectivity index (χ2n) is 7.36. The lowest BCUT2D eigenvalue weighted by atomic mass is 9.78. The summed E-state index contributed by atoms with van der Waals surface area (Å²) in [6.07, 6.45) is 5.77. The van der Waals surface area contributed by atoms with E-state index in [1.807, 2.05) is 0 Å². The summed E-state index contributed by atoms with van der Waals surface area (Å²) in [5.41, 5.74) is 3.70. The minimum Gasteiger partial charge on any atom is -0.352 e. The lowest BCUT2D eigenvalue weighted by Gasteiger charge is -2.26. The van der Waals surface area contributed by atoms with Crippen LogP contribution in [0.4, 0.5) is 5.69 Å². The Balaban J connectivity index is 1.46. The number of aromatic nitrogens is 1. The monoisotopic (exact) mass is 351 g/mol. The number of amides is 1. The molecule has 4 rings (SSSR count). The second-order valence-corrected chi connectivity index (χ2v) is 7.36. The van der Waals surface area contributed by atoms with Crippen molar-refractivity contribution in [1.29, 1.82) is 0 Å². The summed E-state index contributed by atoms with van der Waals surface area (Å²) in [5, 5.41) is 13.9. The highest BCUT2D eigenvalue weighted by Gasteiger charge is 2.56. The summed E-state index contributed by atoms with van der Waals surface area (Å²) in [7, 11) is 0. The Hall–Kier alpha value is -2.76. The maximum atomic E-state index is 12.5. The maximum Gasteiger partial charge on any atom is 0.288 e. The van der Waals surface area contributed by atoms with E-state index in [2.05, 4.69) is 34.6 Å². The van der Waals surface area contributed by atoms with Crippen molar-refractivity contribution in [2.45, 2.75) is 38.0 Å². The van der Waals surface area contributed by atoms with Crippen LogP contribution in [-0.2, 0) is 11.8 Å². The largest absolute Gasteiger partial charge is 0.352 e. The zero-order valence-corrected chi connectivity index (χ0v) is 14.7. The Kier molecular flexibility index (Phi) is 3.98. The summed E-state index contributed by atoms with van der Waals surface area (Å²) in [4.78, 5) is 26.9. The van der Waals surface area contributed by atoms with Crippen molar-refractivity contribution in [3.05, 3.63) is 69.0 Å². The van der Waals surface area contributed by atoms with Gasteiger partial charge < -0.3 is 5.32 Å². The second kappa shape index (κ2) is 6.20. The van der Waals surface area contributed by atoms with Gasteiger partial charge in [0.1, 0.15) is 6.20 Å². The van der Waals surface area contributed by atoms with E-state index in [4.69, 9.17) is 0 Å². The molecule has 134 valence electrons. The predicted molar refractivity (Wildman–Crippen MR) is 97.1 cm³/mol. The minimum absolute atomic E-state index is 0.162. The topological polar surface area (TPSA) is 85.1 Å². The molecule has 1 amide bonds. The molecule has 6 heteroatoms. The van der Waals surface area contributed by atoms with Crippen molar-refractivity contribution >= 4 is 11.6 Å². The number of hydrogen-bond acceptors (Lipinski definition) is 4. The molecule has 2 atom stereocenters. The molecule has 1 saturated carbocycles. The number of fused-ring (bicyclic) bond motifs is 2. The first-order valence-electron chi connectivity index (χ1n) is 8.99. The lowest BCUT2D eigenvalue weighted by Crippen LogP contribution is -2.29. The zero-order valence-electron chi connectivity index (χ0n) is 14.7. The van der Waals surface area contributed by atoms with Gasteiger partial charge in [0.25, 0.3) is 11.6 Å². The fourth-order valence-electron chi connectivity index (χ4n) is 4.40. The van der Waals surface area contributed by atoms with E-state index in [1.165, 1.54) is 36.2 Å². The molecule has 0 aliphatic heterocycles. The van der Waals surface area contributed by atoms with E-state index < -0.39 is 4.92 Å². The number of pyridine rings is 1. The smallest absolute Gasteiger partial charge is 0.288 e. The molecule has 2 aromatic rings. The Morgan fingerprint density at radius 1 is 1.42 bits per heavy atom. The highest BCUT2D eigenvalue weighted by molar-refractivity contribution is 5.95. The molecule has 6 nitrogen and oxygen atoms in total. The average Bonchev–Trinajstić information content (AvgIpc) is 3.33. The maximum absolute atomic E-state index is 12.5. The number of carbonyl (C=O) groups is 1. The van der Waals surface area contributed by atoms with Gasteiger partial charge in [0.15, 0.2) is 0 Å². The van der Waals surface area contributed by atoms with Crippen LogP contribution in [0.15, 0.2) is 36.5 Å². The van der Waals surface area contributed by atoms with Gasteiger partial charge in [-0.25, -0.2) is 0 Å². The summed E-state index contributed by atoms with van der Waals surface area (Å²) in [6.45, 7) is 2.28. The molecule has 1 fully saturated rings. The molecule has 2 aliphatic rings. The number of benzene rings is 1. The Bertz CT molecular complexity index is 896. The highest BCUT2D eigenvalue weighted by atomic mass is 16.6. The van der Waals surface area contributed by atoms with Gasteiger partial charge in [-0.2, -0.15) is 0 Å². The molecule has 2 aliphatic carbocycles. The van der Waals surface area contributed by atoms with Crippen LogP contribution in [0.25, 0.3) is 0 Å². The van der Waals surface area contributed by atoms with Crippen LogP contribution in [0, 0.1) is 23.0 Å². The molecule has 0 unspecified atom stereocenters. The van der Waals surface area contributed by atoms with Crippen molar-refractivity contribution < 1.29 is 9.72 Å². The first-order valence-corrected chi connectivity index (χ1v) is 8.99. The molecule has 0 bridgehead atoms. The van der Waals surface area contributed by atoms with Crippen LogP contribution in [0.3, 0.4) is 0 Å². The number of nitrogens with zero attached hydrogens (tertiary/aromatic N) is 2. The molecule has 0 radical (unpaired) electrons. The minimum atomic E-state index is -0.530. The van der Waals surface area contributed by atoms with Crippen LogP contribution in [0.2, 0.25) is 0 Å². The summed E-state index contributed by atoms with van der Waals surface area (Å²) >= 11 is 0. The van der Waals surface area contributed by atoms with Gasteiger partial charge in [-0.3, -0.25) is 19.9 Å². The molecule has 1 heterocycles. The van der Waals surface area contributed by atoms with E-state index in [0.717, 1.165) is 12.8 Å². The van der Waals surface area contributed by atoms with Gasteiger partial charge in [0.05, 0.1) is 16.2 Å². The van der Waals surface area contributed by atoms with E-state index >= 15 is 0 Å². The van der Waals surface area contributed by atoms with Gasteiger partial charge in [-0.05, 0) is 49.7 Å². The van der Waals surface area contributed by atoms with E-state index in [9.17, 15) is 14.9 Å². The predicted octanol–water partition coefficient (Wildman–Crippen LogP) is 3.32. The first kappa shape index (κ1) is 16.7. The first-order chi connectivity index (χ1) is 12.5. The van der Waals surface area contributed by atoms with E-state index in [-0.39, 0.29) is 22.6 Å². The van der Waals surface area contributed by atoms with Crippen LogP contribution < -0.4 is 5.32 Å². The number of carbonyl (C=O) groups excluding carboxylic acids is 1. The third-order valence-corrected chi connectivity index (χ3v) is 5.89. The van der Waals surface area contributed by atoms with Crippen molar-refractivity contribution in [3.63, 3.8) is 0 Å². The van der Waals surface area contributed by atoms with Gasteiger partial charge in [-0.1, -0.05) is 24.3 Å². The quantitative estimate of drug-likeness (QED) is 0.676. The Labute approximate surface area is 151 Å². The van der Waals surface area contributed by atoms with E-state index in [0.29, 0.717) is 18.2 Å². The zero-order chi connectivity index (χ0) is 18.3. The third kappa shape index (κ3) is 2.75. The molecular weight excluding hydrogens is 330 g/mol. The van der Waals surface area contributed by atoms with Crippen LogP contribution in [-0.4, -0.2) is 22.4 Å². The molecule has 1 N–H and O–H groups in total. The lowest BCUT2D eigenvalue weighted by molar-refractivity contribution is -0.385. The number of aryl methyl sites for hydroxylation is 2. The van der Waals surface area contributed by atoms with E-state index in [1.54, 1.807) is 6.92 Å². The van der Waals surface area contributed by atoms with Crippen molar-refractivity contribution in [2.24, 2.45) is 5.92 Å². The van der Waals surface area contributed by atoms with Gasteiger partial charge in [0.2, 0.25) is 0 Å². The Morgan fingerprint density at radius 2 is 2.23 bits per heavy atom. The third-order valence-electron chi connectivity index (χ3n) is 5.89. The molecule has 1 spiro atoms. The van der Waals surface area contributed by atoms with Crippen molar-refractivity contribution in [3.8, 4) is 0 Å². The fourth-order valence-corrected chi connectivity index (χ4v) is 4.40. The highest BCUT2D eigenvalue weighted by Crippen LogP contribution is 2.59. The normalized spacial score (nSPS) is 23.3. The summed E-state index contributed by atoms with van der Waals surface area (Å²) in [5.74, 6) is 0.143. The standard InChI is InChI=1S/C20H21N3O3/c1-13-17(9-16(12-21-13)23(25)26)19(24)22-11-15-10-20(15)8-4-6-14-5-2-3-7-18(14)20/h2-3,5,7,9,12,15H,4,6,8,10-11H2,1H3,(H,22,24)/t15-,20-/m0/s1. The fraction of sp³-hybridized carbons (Fsp3) is 0.400. The summed E-state index contributed by atoms with van der Waals surface area (Å²) < 4.78 is 0. The molecule has 1 aromatic carbocycles. The molecule has 26 heavy (non-hydrogen) atoms.